The average molecular weight is 510 g/mol. The number of carboxylic acids is 1. The number of hydrogen-bond acceptors (Lipinski definition) is 4. The van der Waals surface area contributed by atoms with E-state index in [1.54, 1.807) is 0 Å². The van der Waals surface area contributed by atoms with E-state index in [-0.39, 0.29) is 12.3 Å². The molecular weight excluding hydrogens is 462 g/mol. The van der Waals surface area contributed by atoms with Crippen molar-refractivity contribution in [1.82, 2.24) is 0 Å². The number of nitrogens with one attached hydrogen (secondary N) is 1. The monoisotopic (exact) mass is 509 g/mol. The molecule has 6 nitrogen and oxygen atoms in total. The maximum absolute atomic E-state index is 12.3. The summed E-state index contributed by atoms with van der Waals surface area (Å²) < 4.78 is 17.5. The van der Waals surface area contributed by atoms with E-state index in [9.17, 15) is 13.8 Å². The summed E-state index contributed by atoms with van der Waals surface area (Å²) in [6, 6.07) is 7.37. The molecule has 0 bridgehead atoms. The molecule has 7 heteroatoms. The van der Waals surface area contributed by atoms with Crippen LogP contribution in [0.25, 0.3) is 0 Å². The molecule has 35 heavy (non-hydrogen) atoms. The number of hydrogen-bond donors (Lipinski definition) is 2. The molecule has 200 valence electrons. The Balaban J connectivity index is 2.02. The maximum atomic E-state index is 12.3. The molecule has 0 spiro atoms. The van der Waals surface area contributed by atoms with Gasteiger partial charge in [0.25, 0.3) is 0 Å². The zero-order valence-corrected chi connectivity index (χ0v) is 22.5. The molecule has 0 fully saturated rings. The predicted molar refractivity (Wildman–Crippen MR) is 146 cm³/mol. The minimum Gasteiger partial charge on any atom is -0.491 e. The second-order valence-electron chi connectivity index (χ2n) is 9.23. The van der Waals surface area contributed by atoms with Crippen LogP contribution in [-0.4, -0.2) is 39.3 Å². The van der Waals surface area contributed by atoms with Crippen LogP contribution in [0.5, 0.6) is 5.75 Å². The van der Waals surface area contributed by atoms with Gasteiger partial charge in [0.05, 0.1) is 12.3 Å². The lowest BCUT2D eigenvalue weighted by Crippen LogP contribution is -2.12. The molecule has 1 aromatic carbocycles. The normalized spacial score (nSPS) is 11.8. The lowest BCUT2D eigenvalue weighted by atomic mass is 10.1. The largest absolute Gasteiger partial charge is 0.491 e. The summed E-state index contributed by atoms with van der Waals surface area (Å²) in [6.07, 6.45) is 15.8. The van der Waals surface area contributed by atoms with Gasteiger partial charge in [0.1, 0.15) is 5.75 Å². The molecule has 0 aromatic heterocycles. The van der Waals surface area contributed by atoms with Crippen molar-refractivity contribution in [2.45, 2.75) is 110 Å². The lowest BCUT2D eigenvalue weighted by Gasteiger charge is -2.12. The van der Waals surface area contributed by atoms with Gasteiger partial charge in [-0.2, -0.15) is 0 Å². The highest BCUT2D eigenvalue weighted by Crippen LogP contribution is 2.24. The van der Waals surface area contributed by atoms with Crippen LogP contribution >= 0.6 is 0 Å². The number of para-hydroxylation sites is 2. The first-order valence-electron chi connectivity index (χ1n) is 13.6. The summed E-state index contributed by atoms with van der Waals surface area (Å²) in [5.41, 5.74) is 0.669. The number of ether oxygens (including phenoxy) is 1. The molecule has 0 saturated heterocycles. The van der Waals surface area contributed by atoms with Gasteiger partial charge in [-0.3, -0.25) is 13.8 Å². The fourth-order valence-electron chi connectivity index (χ4n) is 3.84. The number of rotatable bonds is 23. The van der Waals surface area contributed by atoms with Crippen molar-refractivity contribution in [1.29, 1.82) is 0 Å². The van der Waals surface area contributed by atoms with E-state index >= 15 is 0 Å². The molecular formula is C28H47NO5S. The van der Waals surface area contributed by atoms with E-state index in [2.05, 4.69) is 12.2 Å². The Morgan fingerprint density at radius 2 is 1.37 bits per heavy atom. The Morgan fingerprint density at radius 1 is 0.800 bits per heavy atom. The van der Waals surface area contributed by atoms with Crippen molar-refractivity contribution in [2.24, 2.45) is 0 Å². The summed E-state index contributed by atoms with van der Waals surface area (Å²) >= 11 is 0. The Bertz CT molecular complexity index is 725. The minimum atomic E-state index is -0.794. The van der Waals surface area contributed by atoms with E-state index in [0.717, 1.165) is 43.6 Å². The number of carbonyl (C=O) groups is 2. The predicted octanol–water partition coefficient (Wildman–Crippen LogP) is 7.10. The van der Waals surface area contributed by atoms with E-state index in [0.29, 0.717) is 37.3 Å². The first-order valence-corrected chi connectivity index (χ1v) is 15.1. The highest BCUT2D eigenvalue weighted by atomic mass is 32.2. The van der Waals surface area contributed by atoms with Gasteiger partial charge in [0, 0.05) is 35.1 Å². The topological polar surface area (TPSA) is 92.7 Å². The van der Waals surface area contributed by atoms with E-state index < -0.39 is 16.8 Å². The van der Waals surface area contributed by atoms with Crippen LogP contribution in [0.2, 0.25) is 0 Å². The molecule has 0 aliphatic carbocycles. The maximum Gasteiger partial charge on any atom is 0.303 e. The van der Waals surface area contributed by atoms with Gasteiger partial charge in [0.15, 0.2) is 0 Å². The van der Waals surface area contributed by atoms with Gasteiger partial charge in [-0.05, 0) is 44.2 Å². The summed E-state index contributed by atoms with van der Waals surface area (Å²) in [6.45, 7) is 2.57. The van der Waals surface area contributed by atoms with Gasteiger partial charge < -0.3 is 15.2 Å². The van der Waals surface area contributed by atoms with Gasteiger partial charge in [-0.15, -0.1) is 0 Å². The molecule has 0 heterocycles. The van der Waals surface area contributed by atoms with Gasteiger partial charge in [-0.1, -0.05) is 76.8 Å². The number of carboxylic acid groups (broad SMARTS) is 1. The van der Waals surface area contributed by atoms with E-state index in [1.165, 1.54) is 44.9 Å². The van der Waals surface area contributed by atoms with Crippen LogP contribution in [0, 0.1) is 0 Å². The number of carbonyl (C=O) groups excluding carboxylic acids is 1. The minimum absolute atomic E-state index is 0.00236. The fourth-order valence-corrected chi connectivity index (χ4v) is 5.18. The molecule has 1 atom stereocenters. The first kappa shape index (κ1) is 31.1. The van der Waals surface area contributed by atoms with Crippen molar-refractivity contribution in [2.75, 3.05) is 23.4 Å². The van der Waals surface area contributed by atoms with Crippen molar-refractivity contribution >= 4 is 28.4 Å². The lowest BCUT2D eigenvalue weighted by molar-refractivity contribution is -0.137. The van der Waals surface area contributed by atoms with Crippen molar-refractivity contribution in [3.63, 3.8) is 0 Å². The molecule has 2 N–H and O–H groups in total. The zero-order valence-electron chi connectivity index (χ0n) is 21.7. The average Bonchev–Trinajstić information content (AvgIpc) is 2.84. The third-order valence-electron chi connectivity index (χ3n) is 5.96. The third-order valence-corrected chi connectivity index (χ3v) is 7.44. The van der Waals surface area contributed by atoms with Gasteiger partial charge in [0.2, 0.25) is 5.91 Å². The van der Waals surface area contributed by atoms with Crippen molar-refractivity contribution < 1.29 is 23.6 Å². The second-order valence-corrected chi connectivity index (χ2v) is 10.9. The van der Waals surface area contributed by atoms with E-state index in [4.69, 9.17) is 9.84 Å². The van der Waals surface area contributed by atoms with Gasteiger partial charge in [-0.25, -0.2) is 0 Å². The Kier molecular flexibility index (Phi) is 19.0. The standard InChI is InChI=1S/C28H47NO5S/c1-2-3-23-35(33)24-17-11-9-7-5-4-6-8-10-12-20-27(30)29-25-18-13-14-19-26(25)34-22-16-15-21-28(31)32/h13-14,18-19H,2-12,15-17,20-24H2,1H3,(H,29,30)(H,31,32). The number of unbranched alkanes of at least 4 members (excludes halogenated alkanes) is 11. The van der Waals surface area contributed by atoms with Gasteiger partial charge >= 0.3 is 5.97 Å². The SMILES string of the molecule is CCCCS(=O)CCCCCCCCCCCCC(=O)Nc1ccccc1OCCCCC(=O)O. The summed E-state index contributed by atoms with van der Waals surface area (Å²) in [4.78, 5) is 22.9. The van der Waals surface area contributed by atoms with Crippen LogP contribution in [0.4, 0.5) is 5.69 Å². The smallest absolute Gasteiger partial charge is 0.303 e. The molecule has 1 unspecified atom stereocenters. The molecule has 1 aromatic rings. The quantitative estimate of drug-likeness (QED) is 0.154. The molecule has 1 amide bonds. The Morgan fingerprint density at radius 3 is 2.03 bits per heavy atom. The van der Waals surface area contributed by atoms with Crippen molar-refractivity contribution in [3.8, 4) is 5.75 Å². The highest BCUT2D eigenvalue weighted by Gasteiger charge is 2.08. The Hall–Kier alpha value is -1.89. The summed E-state index contributed by atoms with van der Waals surface area (Å²) in [7, 11) is -0.605. The number of benzene rings is 1. The van der Waals surface area contributed by atoms with Crippen LogP contribution < -0.4 is 10.1 Å². The molecule has 0 radical (unpaired) electrons. The fraction of sp³-hybridized carbons (Fsp3) is 0.714. The molecule has 1 rings (SSSR count). The number of aliphatic carboxylic acids is 1. The number of amides is 1. The first-order chi connectivity index (χ1) is 17.0. The van der Waals surface area contributed by atoms with E-state index in [1.807, 2.05) is 24.3 Å². The highest BCUT2D eigenvalue weighted by molar-refractivity contribution is 7.84. The summed E-state index contributed by atoms with van der Waals surface area (Å²) in [5, 5.41) is 11.6. The molecule has 0 aliphatic rings. The van der Waals surface area contributed by atoms with Crippen LogP contribution in [-0.2, 0) is 20.4 Å². The zero-order chi connectivity index (χ0) is 25.6. The van der Waals surface area contributed by atoms with Crippen LogP contribution in [0.3, 0.4) is 0 Å². The third kappa shape index (κ3) is 18.1. The number of anilines is 1. The van der Waals surface area contributed by atoms with Crippen LogP contribution in [0.1, 0.15) is 110 Å². The molecule has 0 saturated carbocycles. The second kappa shape index (κ2) is 21.4. The van der Waals surface area contributed by atoms with Crippen LogP contribution in [0.15, 0.2) is 24.3 Å². The Labute approximate surface area is 215 Å². The molecule has 0 aliphatic heterocycles. The summed E-state index contributed by atoms with van der Waals surface area (Å²) in [5.74, 6) is 1.58. The van der Waals surface area contributed by atoms with Crippen molar-refractivity contribution in [3.05, 3.63) is 24.3 Å².